The Hall–Kier alpha value is -2.86. The average Bonchev–Trinajstić information content (AvgIpc) is 2.62. The molecule has 7 N–H and O–H groups in total. The molecule has 28 heavy (non-hydrogen) atoms. The van der Waals surface area contributed by atoms with Crippen LogP contribution >= 0.6 is 0 Å². The van der Waals surface area contributed by atoms with E-state index >= 15 is 0 Å². The number of halogens is 3. The normalized spacial score (nSPS) is 15.2. The maximum atomic E-state index is 10.6. The van der Waals surface area contributed by atoms with Gasteiger partial charge in [-0.1, -0.05) is 30.3 Å². The molecular weight excluding hydrogens is 387 g/mol. The number of likely N-dealkylation sites (tertiary alicyclic amines) is 1. The van der Waals surface area contributed by atoms with Crippen molar-refractivity contribution in [3.05, 3.63) is 35.9 Å². The van der Waals surface area contributed by atoms with Gasteiger partial charge in [0.1, 0.15) is 6.04 Å². The highest BCUT2D eigenvalue weighted by Crippen LogP contribution is 2.13. The van der Waals surface area contributed by atoms with Crippen molar-refractivity contribution in [2.75, 3.05) is 13.1 Å². The van der Waals surface area contributed by atoms with Gasteiger partial charge in [-0.15, -0.1) is 0 Å². The number of amides is 2. The Labute approximate surface area is 158 Å². The molecule has 0 bridgehead atoms. The largest absolute Gasteiger partial charge is 0.490 e. The van der Waals surface area contributed by atoms with Crippen LogP contribution < -0.4 is 11.5 Å². The quantitative estimate of drug-likeness (QED) is 0.484. The summed E-state index contributed by atoms with van der Waals surface area (Å²) in [6.07, 6.45) is -4.01. The summed E-state index contributed by atoms with van der Waals surface area (Å²) in [6, 6.07) is 7.44. The molecule has 1 aliphatic heterocycles. The predicted molar refractivity (Wildman–Crippen MR) is 91.1 cm³/mol. The minimum Gasteiger partial charge on any atom is -0.480 e. The second-order valence-corrected chi connectivity index (χ2v) is 5.59. The van der Waals surface area contributed by atoms with Crippen molar-refractivity contribution < 1.29 is 42.9 Å². The third-order valence-electron chi connectivity index (χ3n) is 3.44. The van der Waals surface area contributed by atoms with Crippen LogP contribution in [-0.4, -0.2) is 63.6 Å². The number of nitrogens with two attached hydrogens (primary N) is 2. The summed E-state index contributed by atoms with van der Waals surface area (Å²) in [5.74, 6) is -3.76. The lowest BCUT2D eigenvalue weighted by molar-refractivity contribution is -0.192. The molecule has 158 valence electrons. The van der Waals surface area contributed by atoms with Crippen LogP contribution in [0.1, 0.15) is 24.4 Å². The van der Waals surface area contributed by atoms with E-state index in [4.69, 9.17) is 31.6 Å². The summed E-state index contributed by atoms with van der Waals surface area (Å²) >= 11 is 0. The smallest absolute Gasteiger partial charge is 0.480 e. The highest BCUT2D eigenvalue weighted by atomic mass is 19.4. The zero-order valence-electron chi connectivity index (χ0n) is 14.7. The molecule has 9 nitrogen and oxygen atoms in total. The molecule has 1 aromatic carbocycles. The van der Waals surface area contributed by atoms with Crippen LogP contribution in [0.4, 0.5) is 18.0 Å². The molecule has 0 aromatic heterocycles. The van der Waals surface area contributed by atoms with Crippen molar-refractivity contribution in [1.82, 2.24) is 4.90 Å². The number of carboxylic acid groups (broad SMARTS) is 2. The Morgan fingerprint density at radius 3 is 1.82 bits per heavy atom. The summed E-state index contributed by atoms with van der Waals surface area (Å²) in [4.78, 5) is 31.3. The van der Waals surface area contributed by atoms with Crippen LogP contribution in [0.25, 0.3) is 0 Å². The van der Waals surface area contributed by atoms with Gasteiger partial charge in [0.05, 0.1) is 6.10 Å². The first-order valence-corrected chi connectivity index (χ1v) is 7.92. The first-order chi connectivity index (χ1) is 12.9. The van der Waals surface area contributed by atoms with Crippen LogP contribution in [0.2, 0.25) is 0 Å². The number of carbonyl (C=O) groups excluding carboxylic acids is 1. The lowest BCUT2D eigenvalue weighted by atomic mass is 10.1. The Morgan fingerprint density at radius 2 is 1.50 bits per heavy atom. The number of urea groups is 1. The molecule has 0 saturated carbocycles. The number of rotatable bonds is 2. The Balaban J connectivity index is 0.000000402. The van der Waals surface area contributed by atoms with Gasteiger partial charge in [0, 0.05) is 13.1 Å². The van der Waals surface area contributed by atoms with Gasteiger partial charge in [0.25, 0.3) is 0 Å². The highest BCUT2D eigenvalue weighted by molar-refractivity contribution is 5.75. The molecule has 1 aliphatic rings. The number of aliphatic carboxylic acids is 2. The number of primary amides is 1. The van der Waals surface area contributed by atoms with E-state index in [1.807, 2.05) is 6.07 Å². The third kappa shape index (κ3) is 10.3. The number of carbonyl (C=O) groups is 3. The topological polar surface area (TPSA) is 167 Å². The van der Waals surface area contributed by atoms with Gasteiger partial charge in [0.15, 0.2) is 0 Å². The van der Waals surface area contributed by atoms with Crippen molar-refractivity contribution >= 4 is 18.0 Å². The van der Waals surface area contributed by atoms with E-state index in [0.29, 0.717) is 31.5 Å². The number of hydrogen-bond acceptors (Lipinski definition) is 5. The molecule has 1 aromatic rings. The van der Waals surface area contributed by atoms with E-state index < -0.39 is 24.2 Å². The summed E-state index contributed by atoms with van der Waals surface area (Å²) < 4.78 is 31.7. The Kier molecular flexibility index (Phi) is 10.6. The van der Waals surface area contributed by atoms with Gasteiger partial charge in [-0.05, 0) is 18.4 Å². The van der Waals surface area contributed by atoms with E-state index in [1.54, 1.807) is 29.2 Å². The number of carboxylic acids is 2. The monoisotopic (exact) mass is 409 g/mol. The van der Waals surface area contributed by atoms with E-state index in [0.717, 1.165) is 0 Å². The zero-order valence-corrected chi connectivity index (χ0v) is 14.7. The summed E-state index contributed by atoms with van der Waals surface area (Å²) in [5.41, 5.74) is 11.0. The van der Waals surface area contributed by atoms with Crippen molar-refractivity contribution in [2.24, 2.45) is 11.5 Å². The second kappa shape index (κ2) is 11.8. The fourth-order valence-electron chi connectivity index (χ4n) is 1.89. The first-order valence-electron chi connectivity index (χ1n) is 7.92. The van der Waals surface area contributed by atoms with E-state index in [2.05, 4.69) is 0 Å². The zero-order chi connectivity index (χ0) is 21.9. The molecule has 0 aliphatic carbocycles. The predicted octanol–water partition coefficient (Wildman–Crippen LogP) is 0.926. The molecule has 1 saturated heterocycles. The van der Waals surface area contributed by atoms with E-state index in [-0.39, 0.29) is 12.1 Å². The van der Waals surface area contributed by atoms with Gasteiger partial charge >= 0.3 is 24.1 Å². The van der Waals surface area contributed by atoms with Crippen LogP contribution in [0.3, 0.4) is 0 Å². The number of piperidine rings is 1. The van der Waals surface area contributed by atoms with Crippen LogP contribution in [0.5, 0.6) is 0 Å². The molecule has 1 heterocycles. The van der Waals surface area contributed by atoms with E-state index in [9.17, 15) is 22.8 Å². The maximum Gasteiger partial charge on any atom is 0.490 e. The molecule has 1 fully saturated rings. The number of aliphatic hydroxyl groups is 1. The maximum absolute atomic E-state index is 10.6. The minimum atomic E-state index is -5.08. The molecular formula is C16H22F3N3O6. The molecule has 2 rings (SSSR count). The number of hydrogen-bond donors (Lipinski definition) is 5. The van der Waals surface area contributed by atoms with Gasteiger partial charge in [-0.25, -0.2) is 9.59 Å². The van der Waals surface area contributed by atoms with Crippen molar-refractivity contribution in [1.29, 1.82) is 0 Å². The van der Waals surface area contributed by atoms with Crippen molar-refractivity contribution in [2.45, 2.75) is 31.2 Å². The number of alkyl halides is 3. The lowest BCUT2D eigenvalue weighted by Crippen LogP contribution is -2.42. The van der Waals surface area contributed by atoms with Crippen molar-refractivity contribution in [3.8, 4) is 0 Å². The molecule has 0 radical (unpaired) electrons. The molecule has 1 atom stereocenters. The first kappa shape index (κ1) is 25.1. The van der Waals surface area contributed by atoms with Crippen molar-refractivity contribution in [3.63, 3.8) is 0 Å². The van der Waals surface area contributed by atoms with Crippen LogP contribution in [0.15, 0.2) is 30.3 Å². The van der Waals surface area contributed by atoms with E-state index in [1.165, 1.54) is 0 Å². The summed E-state index contributed by atoms with van der Waals surface area (Å²) in [6.45, 7) is 1.19. The Morgan fingerprint density at radius 1 is 1.07 bits per heavy atom. The molecule has 12 heteroatoms. The number of benzene rings is 1. The Bertz CT molecular complexity index is 634. The SMILES string of the molecule is NC(=O)N1CCC(O)CC1.N[C@@H](C(=O)O)c1ccccc1.O=C(O)C(F)(F)F. The van der Waals surface area contributed by atoms with Crippen LogP contribution in [0, 0.1) is 0 Å². The van der Waals surface area contributed by atoms with Gasteiger partial charge in [-0.2, -0.15) is 13.2 Å². The fraction of sp³-hybridized carbons (Fsp3) is 0.438. The molecule has 0 unspecified atom stereocenters. The number of nitrogens with zero attached hydrogens (tertiary/aromatic N) is 1. The fourth-order valence-corrected chi connectivity index (χ4v) is 1.89. The standard InChI is InChI=1S/C8H9NO2.C6H12N2O2.C2HF3O2/c9-7(8(10)11)6-4-2-1-3-5-6;7-6(10)8-3-1-5(9)2-4-8;3-2(4,5)1(6)7/h1-5,7H,9H2,(H,10,11);5,9H,1-4H2,(H2,7,10);(H,6,7)/t7-;;/m1../s1. The molecule has 0 spiro atoms. The second-order valence-electron chi connectivity index (χ2n) is 5.59. The minimum absolute atomic E-state index is 0.240. The van der Waals surface area contributed by atoms with Crippen LogP contribution in [-0.2, 0) is 9.59 Å². The van der Waals surface area contributed by atoms with Gasteiger partial charge in [-0.3, -0.25) is 4.79 Å². The van der Waals surface area contributed by atoms with Gasteiger partial charge < -0.3 is 31.7 Å². The summed E-state index contributed by atoms with van der Waals surface area (Å²) in [7, 11) is 0. The third-order valence-corrected chi connectivity index (χ3v) is 3.44. The number of aliphatic hydroxyl groups excluding tert-OH is 1. The highest BCUT2D eigenvalue weighted by Gasteiger charge is 2.38. The lowest BCUT2D eigenvalue weighted by Gasteiger charge is -2.27. The average molecular weight is 409 g/mol. The van der Waals surface area contributed by atoms with Gasteiger partial charge in [0.2, 0.25) is 0 Å². The molecule has 2 amide bonds. The summed E-state index contributed by atoms with van der Waals surface area (Å²) in [5, 5.41) is 24.7.